The van der Waals surface area contributed by atoms with Gasteiger partial charge in [-0.15, -0.1) is 0 Å². The van der Waals surface area contributed by atoms with Crippen LogP contribution in [0.1, 0.15) is 38.5 Å². The van der Waals surface area contributed by atoms with Gasteiger partial charge in [0.15, 0.2) is 21.3 Å². The summed E-state index contributed by atoms with van der Waals surface area (Å²) in [4.78, 5) is 16.3. The van der Waals surface area contributed by atoms with E-state index < -0.39 is 33.4 Å². The lowest BCUT2D eigenvalue weighted by molar-refractivity contribution is -0.176. The number of halogens is 2. The van der Waals surface area contributed by atoms with E-state index in [0.29, 0.717) is 37.0 Å². The summed E-state index contributed by atoms with van der Waals surface area (Å²) < 4.78 is 60.4. The van der Waals surface area contributed by atoms with Gasteiger partial charge < -0.3 is 4.74 Å². The Balaban J connectivity index is 0.000000162. The molecule has 3 aromatic rings. The molecule has 4 fully saturated rings. The van der Waals surface area contributed by atoms with Gasteiger partial charge >= 0.3 is 21.3 Å². The Morgan fingerprint density at radius 3 is 1.45 bits per heavy atom. The van der Waals surface area contributed by atoms with Gasteiger partial charge in [0, 0.05) is 0 Å². The summed E-state index contributed by atoms with van der Waals surface area (Å²) in [5.74, 6) is 0.618. The highest BCUT2D eigenvalue weighted by molar-refractivity contribution is 7.97. The van der Waals surface area contributed by atoms with E-state index in [9.17, 15) is 22.0 Å². The van der Waals surface area contributed by atoms with E-state index >= 15 is 0 Å². The van der Waals surface area contributed by atoms with Crippen LogP contribution in [-0.4, -0.2) is 30.8 Å². The molecule has 0 heterocycles. The molecule has 4 aliphatic rings. The van der Waals surface area contributed by atoms with Crippen LogP contribution < -0.4 is 0 Å². The molecular formula is C31H33F2O5S2+. The molecule has 0 spiro atoms. The van der Waals surface area contributed by atoms with E-state index in [0.717, 1.165) is 19.3 Å². The molecule has 5 nitrogen and oxygen atoms in total. The lowest BCUT2D eigenvalue weighted by atomic mass is 9.49. The molecule has 7 rings (SSSR count). The first kappa shape index (κ1) is 28.8. The Hall–Kier alpha value is -2.75. The summed E-state index contributed by atoms with van der Waals surface area (Å²) in [5.41, 5.74) is -0.718. The Labute approximate surface area is 237 Å². The van der Waals surface area contributed by atoms with Gasteiger partial charge in [0.2, 0.25) is 0 Å². The van der Waals surface area contributed by atoms with Crippen molar-refractivity contribution in [3.8, 4) is 0 Å². The molecule has 1 N–H and O–H groups in total. The molecule has 0 radical (unpaired) electrons. The number of carbonyl (C=O) groups is 1. The van der Waals surface area contributed by atoms with Crippen LogP contribution in [0.5, 0.6) is 0 Å². The molecule has 4 saturated carbocycles. The number of hydrogen-bond donors (Lipinski definition) is 1. The van der Waals surface area contributed by atoms with E-state index in [2.05, 4.69) is 95.7 Å². The molecule has 4 bridgehead atoms. The molecule has 0 amide bonds. The minimum atomic E-state index is -5.56. The first-order valence-corrected chi connectivity index (χ1v) is 16.1. The lowest BCUT2D eigenvalue weighted by Gasteiger charge is -2.55. The number of esters is 1. The molecule has 212 valence electrons. The summed E-state index contributed by atoms with van der Waals surface area (Å²) in [5, 5.41) is -4.45. The van der Waals surface area contributed by atoms with Gasteiger partial charge in [0.1, 0.15) is 0 Å². The largest absolute Gasteiger partial charge is 0.458 e. The van der Waals surface area contributed by atoms with Crippen molar-refractivity contribution in [1.29, 1.82) is 0 Å². The number of hydrogen-bond acceptors (Lipinski definition) is 4. The smallest absolute Gasteiger partial charge is 0.402 e. The molecular weight excluding hydrogens is 554 g/mol. The topological polar surface area (TPSA) is 80.7 Å². The fourth-order valence-corrected chi connectivity index (χ4v) is 9.13. The van der Waals surface area contributed by atoms with E-state index in [1.807, 2.05) is 0 Å². The quantitative estimate of drug-likeness (QED) is 0.183. The summed E-state index contributed by atoms with van der Waals surface area (Å²) in [6.45, 7) is -1.62. The third kappa shape index (κ3) is 6.26. The van der Waals surface area contributed by atoms with Crippen molar-refractivity contribution in [1.82, 2.24) is 0 Å². The number of alkyl halides is 2. The van der Waals surface area contributed by atoms with Crippen LogP contribution in [-0.2, 0) is 30.5 Å². The van der Waals surface area contributed by atoms with Crippen LogP contribution in [0, 0.1) is 23.2 Å². The summed E-state index contributed by atoms with van der Waals surface area (Å²) >= 11 is 0. The van der Waals surface area contributed by atoms with Crippen LogP contribution >= 0.6 is 0 Å². The zero-order chi connectivity index (χ0) is 28.4. The minimum Gasteiger partial charge on any atom is -0.458 e. The van der Waals surface area contributed by atoms with Crippen molar-refractivity contribution in [3.63, 3.8) is 0 Å². The zero-order valence-corrected chi connectivity index (χ0v) is 23.6. The first-order chi connectivity index (χ1) is 19.1. The van der Waals surface area contributed by atoms with Crippen molar-refractivity contribution in [2.75, 3.05) is 6.61 Å². The van der Waals surface area contributed by atoms with Crippen LogP contribution in [0.15, 0.2) is 106 Å². The van der Waals surface area contributed by atoms with Gasteiger partial charge in [0.25, 0.3) is 0 Å². The highest BCUT2D eigenvalue weighted by Gasteiger charge is 2.56. The molecule has 3 aromatic carbocycles. The van der Waals surface area contributed by atoms with Gasteiger partial charge in [0.05, 0.1) is 16.3 Å². The lowest BCUT2D eigenvalue weighted by Crippen LogP contribution is -2.51. The number of carbonyl (C=O) groups excluding carboxylic acids is 1. The zero-order valence-electron chi connectivity index (χ0n) is 22.0. The SMILES string of the molecule is O=C(OCC(F)(F)S(=O)(=O)O)C12CC3CC(CC(C3)C1)C2.c1ccc([S+](c2ccccc2)c2ccccc2)cc1. The predicted octanol–water partition coefficient (Wildman–Crippen LogP) is 7.01. The van der Waals surface area contributed by atoms with Crippen molar-refractivity contribution in [2.45, 2.75) is 58.5 Å². The average Bonchev–Trinajstić information content (AvgIpc) is 2.93. The molecule has 0 atom stereocenters. The fraction of sp³-hybridized carbons (Fsp3) is 0.387. The van der Waals surface area contributed by atoms with Crippen LogP contribution in [0.4, 0.5) is 8.78 Å². The molecule has 0 unspecified atom stereocenters. The van der Waals surface area contributed by atoms with Gasteiger partial charge in [-0.3, -0.25) is 9.35 Å². The van der Waals surface area contributed by atoms with Crippen molar-refractivity contribution in [3.05, 3.63) is 91.0 Å². The van der Waals surface area contributed by atoms with Crippen molar-refractivity contribution in [2.24, 2.45) is 23.2 Å². The van der Waals surface area contributed by atoms with Gasteiger partial charge in [-0.1, -0.05) is 54.6 Å². The van der Waals surface area contributed by atoms with E-state index in [1.54, 1.807) is 0 Å². The van der Waals surface area contributed by atoms with E-state index in [4.69, 9.17) is 4.55 Å². The van der Waals surface area contributed by atoms with Crippen molar-refractivity contribution >= 4 is 27.0 Å². The molecule has 9 heteroatoms. The number of ether oxygens (including phenoxy) is 1. The van der Waals surface area contributed by atoms with Crippen LogP contribution in [0.25, 0.3) is 0 Å². The third-order valence-electron chi connectivity index (χ3n) is 8.16. The van der Waals surface area contributed by atoms with Gasteiger partial charge in [-0.25, -0.2) is 0 Å². The van der Waals surface area contributed by atoms with Crippen molar-refractivity contribution < 1.29 is 31.3 Å². The normalized spacial score (nSPS) is 25.2. The summed E-state index contributed by atoms with van der Waals surface area (Å²) in [7, 11) is -5.58. The number of benzene rings is 3. The third-order valence-corrected chi connectivity index (χ3v) is 11.3. The van der Waals surface area contributed by atoms with Gasteiger partial charge in [-0.2, -0.15) is 17.2 Å². The summed E-state index contributed by atoms with van der Waals surface area (Å²) in [6, 6.07) is 32.2. The Morgan fingerprint density at radius 1 is 0.775 bits per heavy atom. The fourth-order valence-electron chi connectivity index (χ4n) is 6.82. The maximum Gasteiger partial charge on any atom is 0.402 e. The molecule has 40 heavy (non-hydrogen) atoms. The second-order valence-electron chi connectivity index (χ2n) is 11.1. The summed E-state index contributed by atoms with van der Waals surface area (Å²) in [6.07, 6.45) is 5.22. The molecule has 0 saturated heterocycles. The Morgan fingerprint density at radius 2 is 1.12 bits per heavy atom. The van der Waals surface area contributed by atoms with Gasteiger partial charge in [-0.05, 0) is 92.7 Å². The monoisotopic (exact) mass is 587 g/mol. The Bertz CT molecular complexity index is 1270. The standard InChI is InChI=1S/C18H15S.C13H18F2O5S/c1-4-10-16(11-5-1)19(17-12-6-2-7-13-17)18-14-8-3-9-15-18;14-13(15,21(17,18)19)7-20-11(16)12-4-8-1-9(5-12)3-10(2-8)6-12/h1-15H;8-10H,1-7H2,(H,17,18,19)/q+1;. The highest BCUT2D eigenvalue weighted by atomic mass is 32.2. The average molecular weight is 588 g/mol. The second kappa shape index (κ2) is 11.6. The number of rotatable bonds is 7. The Kier molecular flexibility index (Phi) is 8.36. The predicted molar refractivity (Wildman–Crippen MR) is 150 cm³/mol. The molecule has 4 aliphatic carbocycles. The second-order valence-corrected chi connectivity index (χ2v) is 14.7. The minimum absolute atomic E-state index is 0.0146. The van der Waals surface area contributed by atoms with Crippen LogP contribution in [0.2, 0.25) is 0 Å². The maximum atomic E-state index is 13.1. The molecule has 0 aromatic heterocycles. The first-order valence-electron chi connectivity index (χ1n) is 13.5. The maximum absolute atomic E-state index is 13.1. The van der Waals surface area contributed by atoms with E-state index in [1.165, 1.54) is 14.7 Å². The molecule has 0 aliphatic heterocycles. The van der Waals surface area contributed by atoms with E-state index in [-0.39, 0.29) is 10.9 Å². The van der Waals surface area contributed by atoms with Crippen LogP contribution in [0.3, 0.4) is 0 Å². The highest BCUT2D eigenvalue weighted by Crippen LogP contribution is 2.60.